The van der Waals surface area contributed by atoms with E-state index in [1.54, 1.807) is 48.7 Å². The SMILES string of the molecule is COC(=O)c1ccccc1NC(=O)c1cncc(Nc2ccc(F)cc2)c1. The lowest BCUT2D eigenvalue weighted by molar-refractivity contribution is 0.0602. The number of pyridine rings is 1. The van der Waals surface area contributed by atoms with Gasteiger partial charge in [0.1, 0.15) is 5.82 Å². The third-order valence-corrected chi connectivity index (χ3v) is 3.71. The lowest BCUT2D eigenvalue weighted by atomic mass is 10.1. The van der Waals surface area contributed by atoms with Gasteiger partial charge in [0.2, 0.25) is 0 Å². The van der Waals surface area contributed by atoms with Crippen LogP contribution in [0, 0.1) is 5.82 Å². The molecule has 0 unspecified atom stereocenters. The molecule has 0 bridgehead atoms. The first-order valence-corrected chi connectivity index (χ1v) is 8.03. The summed E-state index contributed by atoms with van der Waals surface area (Å²) in [6.07, 6.45) is 2.95. The molecule has 136 valence electrons. The molecule has 0 spiro atoms. The summed E-state index contributed by atoms with van der Waals surface area (Å²) in [5.41, 5.74) is 2.11. The van der Waals surface area contributed by atoms with Gasteiger partial charge in [-0.05, 0) is 42.5 Å². The number of esters is 1. The number of carbonyl (C=O) groups excluding carboxylic acids is 2. The molecule has 2 aromatic carbocycles. The first-order valence-electron chi connectivity index (χ1n) is 8.03. The molecule has 2 N–H and O–H groups in total. The summed E-state index contributed by atoms with van der Waals surface area (Å²) < 4.78 is 17.7. The Morgan fingerprint density at radius 1 is 1.00 bits per heavy atom. The Bertz CT molecular complexity index is 974. The molecule has 0 fully saturated rings. The quantitative estimate of drug-likeness (QED) is 0.668. The van der Waals surface area contributed by atoms with Crippen molar-refractivity contribution >= 4 is 28.9 Å². The molecule has 0 aliphatic carbocycles. The highest BCUT2D eigenvalue weighted by atomic mass is 19.1. The number of anilines is 3. The van der Waals surface area contributed by atoms with Crippen molar-refractivity contribution in [2.45, 2.75) is 0 Å². The smallest absolute Gasteiger partial charge is 0.339 e. The van der Waals surface area contributed by atoms with Gasteiger partial charge in [-0.25, -0.2) is 9.18 Å². The number of aromatic nitrogens is 1. The molecule has 0 aliphatic rings. The largest absolute Gasteiger partial charge is 0.465 e. The first-order chi connectivity index (χ1) is 13.1. The topological polar surface area (TPSA) is 80.3 Å². The van der Waals surface area contributed by atoms with Gasteiger partial charge in [-0.3, -0.25) is 9.78 Å². The average molecular weight is 365 g/mol. The van der Waals surface area contributed by atoms with Gasteiger partial charge in [-0.2, -0.15) is 0 Å². The van der Waals surface area contributed by atoms with Crippen LogP contribution >= 0.6 is 0 Å². The Labute approximate surface area is 155 Å². The number of para-hydroxylation sites is 1. The molecular weight excluding hydrogens is 349 g/mol. The lowest BCUT2D eigenvalue weighted by Gasteiger charge is -2.11. The Balaban J connectivity index is 1.78. The second-order valence-electron chi connectivity index (χ2n) is 5.59. The van der Waals surface area contributed by atoms with Gasteiger partial charge in [-0.15, -0.1) is 0 Å². The Hall–Kier alpha value is -3.74. The molecule has 0 saturated heterocycles. The number of methoxy groups -OCH3 is 1. The number of rotatable bonds is 5. The van der Waals surface area contributed by atoms with Crippen molar-refractivity contribution in [3.8, 4) is 0 Å². The predicted octanol–water partition coefficient (Wildman–Crippen LogP) is 4.00. The molecule has 3 rings (SSSR count). The van der Waals surface area contributed by atoms with Gasteiger partial charge < -0.3 is 15.4 Å². The number of amides is 1. The van der Waals surface area contributed by atoms with Crippen LogP contribution in [0.2, 0.25) is 0 Å². The molecule has 1 amide bonds. The third kappa shape index (κ3) is 4.46. The van der Waals surface area contributed by atoms with Crippen LogP contribution in [0.3, 0.4) is 0 Å². The molecule has 1 heterocycles. The Morgan fingerprint density at radius 3 is 2.48 bits per heavy atom. The van der Waals surface area contributed by atoms with E-state index in [1.807, 2.05) is 0 Å². The fourth-order valence-electron chi connectivity index (χ4n) is 2.41. The zero-order valence-electron chi connectivity index (χ0n) is 14.4. The van der Waals surface area contributed by atoms with Gasteiger partial charge >= 0.3 is 5.97 Å². The van der Waals surface area contributed by atoms with E-state index in [0.29, 0.717) is 22.6 Å². The lowest BCUT2D eigenvalue weighted by Crippen LogP contribution is -2.15. The number of halogens is 1. The summed E-state index contributed by atoms with van der Waals surface area (Å²) in [6, 6.07) is 14.0. The minimum atomic E-state index is -0.546. The maximum absolute atomic E-state index is 13.0. The van der Waals surface area contributed by atoms with Crippen molar-refractivity contribution < 1.29 is 18.7 Å². The van der Waals surface area contributed by atoms with Gasteiger partial charge in [0.15, 0.2) is 0 Å². The van der Waals surface area contributed by atoms with E-state index in [9.17, 15) is 14.0 Å². The van der Waals surface area contributed by atoms with Crippen molar-refractivity contribution in [3.63, 3.8) is 0 Å². The summed E-state index contributed by atoms with van der Waals surface area (Å²) in [6.45, 7) is 0. The first kappa shape index (κ1) is 18.1. The molecule has 1 aromatic heterocycles. The van der Waals surface area contributed by atoms with Gasteiger partial charge in [-0.1, -0.05) is 12.1 Å². The maximum Gasteiger partial charge on any atom is 0.339 e. The number of hydrogen-bond donors (Lipinski definition) is 2. The van der Waals surface area contributed by atoms with E-state index in [2.05, 4.69) is 15.6 Å². The monoisotopic (exact) mass is 365 g/mol. The minimum absolute atomic E-state index is 0.252. The Morgan fingerprint density at radius 2 is 1.74 bits per heavy atom. The number of benzene rings is 2. The van der Waals surface area contributed by atoms with Crippen molar-refractivity contribution in [2.75, 3.05) is 17.7 Å². The fraction of sp³-hybridized carbons (Fsp3) is 0.0500. The number of nitrogens with one attached hydrogen (secondary N) is 2. The van der Waals surface area contributed by atoms with Crippen LogP contribution in [0.1, 0.15) is 20.7 Å². The van der Waals surface area contributed by atoms with Gasteiger partial charge in [0.25, 0.3) is 5.91 Å². The summed E-state index contributed by atoms with van der Waals surface area (Å²) in [5, 5.41) is 5.73. The van der Waals surface area contributed by atoms with Crippen LogP contribution in [0.4, 0.5) is 21.5 Å². The summed E-state index contributed by atoms with van der Waals surface area (Å²) in [5.74, 6) is -1.31. The number of nitrogens with zero attached hydrogens (tertiary/aromatic N) is 1. The van der Waals surface area contributed by atoms with Crippen LogP contribution in [-0.4, -0.2) is 24.0 Å². The number of ether oxygens (including phenoxy) is 1. The fourth-order valence-corrected chi connectivity index (χ4v) is 2.41. The average Bonchev–Trinajstić information content (AvgIpc) is 2.70. The van der Waals surface area contributed by atoms with Crippen LogP contribution in [0.25, 0.3) is 0 Å². The van der Waals surface area contributed by atoms with Crippen molar-refractivity contribution in [1.29, 1.82) is 0 Å². The summed E-state index contributed by atoms with van der Waals surface area (Å²) in [4.78, 5) is 28.4. The third-order valence-electron chi connectivity index (χ3n) is 3.71. The molecule has 3 aromatic rings. The van der Waals surface area contributed by atoms with Crippen LogP contribution in [-0.2, 0) is 4.74 Å². The molecule has 0 saturated carbocycles. The molecule has 0 atom stereocenters. The molecule has 0 radical (unpaired) electrons. The van der Waals surface area contributed by atoms with E-state index in [-0.39, 0.29) is 11.4 Å². The molecule has 7 heteroatoms. The summed E-state index contributed by atoms with van der Waals surface area (Å²) in [7, 11) is 1.27. The highest BCUT2D eigenvalue weighted by molar-refractivity contribution is 6.08. The van der Waals surface area contributed by atoms with E-state index in [1.165, 1.54) is 25.4 Å². The standard InChI is InChI=1S/C20H16FN3O3/c1-27-20(26)17-4-2-3-5-18(17)24-19(25)13-10-16(12-22-11-13)23-15-8-6-14(21)7-9-15/h2-12,23H,1H3,(H,24,25). The highest BCUT2D eigenvalue weighted by Crippen LogP contribution is 2.20. The molecule has 6 nitrogen and oxygen atoms in total. The van der Waals surface area contributed by atoms with E-state index in [4.69, 9.17) is 4.74 Å². The second kappa shape index (κ2) is 8.09. The predicted molar refractivity (Wildman–Crippen MR) is 99.7 cm³/mol. The van der Waals surface area contributed by atoms with E-state index >= 15 is 0 Å². The molecule has 0 aliphatic heterocycles. The number of hydrogen-bond acceptors (Lipinski definition) is 5. The second-order valence-corrected chi connectivity index (χ2v) is 5.59. The molecular formula is C20H16FN3O3. The van der Waals surface area contributed by atoms with Crippen LogP contribution in [0.15, 0.2) is 67.0 Å². The van der Waals surface area contributed by atoms with E-state index < -0.39 is 11.9 Å². The van der Waals surface area contributed by atoms with Crippen molar-refractivity contribution in [2.24, 2.45) is 0 Å². The zero-order valence-corrected chi connectivity index (χ0v) is 14.4. The molecule has 27 heavy (non-hydrogen) atoms. The van der Waals surface area contributed by atoms with Crippen molar-refractivity contribution in [1.82, 2.24) is 4.98 Å². The minimum Gasteiger partial charge on any atom is -0.465 e. The van der Waals surface area contributed by atoms with Gasteiger partial charge in [0.05, 0.1) is 35.8 Å². The zero-order chi connectivity index (χ0) is 19.2. The Kier molecular flexibility index (Phi) is 5.41. The number of carbonyl (C=O) groups is 2. The maximum atomic E-state index is 13.0. The summed E-state index contributed by atoms with van der Waals surface area (Å²) >= 11 is 0. The van der Waals surface area contributed by atoms with Crippen molar-refractivity contribution in [3.05, 3.63) is 83.9 Å². The normalized spacial score (nSPS) is 10.1. The highest BCUT2D eigenvalue weighted by Gasteiger charge is 2.14. The van der Waals surface area contributed by atoms with Crippen LogP contribution in [0.5, 0.6) is 0 Å². The van der Waals surface area contributed by atoms with Gasteiger partial charge in [0, 0.05) is 11.9 Å². The van der Waals surface area contributed by atoms with E-state index in [0.717, 1.165) is 0 Å². The van der Waals surface area contributed by atoms with Crippen LogP contribution < -0.4 is 10.6 Å².